The molecule has 4 atom stereocenters. The van der Waals surface area contributed by atoms with Crippen molar-refractivity contribution in [3.8, 4) is 5.75 Å². The zero-order valence-corrected chi connectivity index (χ0v) is 14.4. The summed E-state index contributed by atoms with van der Waals surface area (Å²) in [5.74, 6) is -1.68. The van der Waals surface area contributed by atoms with Crippen LogP contribution >= 0.6 is 11.8 Å². The second-order valence-electron chi connectivity index (χ2n) is 5.94. The molecule has 2 aliphatic heterocycles. The minimum atomic E-state index is -1.07. The van der Waals surface area contributed by atoms with E-state index >= 15 is 0 Å². The summed E-state index contributed by atoms with van der Waals surface area (Å²) in [7, 11) is 0. The van der Waals surface area contributed by atoms with Gasteiger partial charge in [-0.2, -0.15) is 0 Å². The maximum Gasteiger partial charge on any atom is 0.327 e. The number of hydrogen-bond donors (Lipinski definition) is 2. The largest absolute Gasteiger partial charge is 0.484 e. The van der Waals surface area contributed by atoms with Crippen LogP contribution in [0.1, 0.15) is 6.92 Å². The van der Waals surface area contributed by atoms with Crippen LogP contribution in [-0.2, 0) is 14.4 Å². The third-order valence-corrected chi connectivity index (χ3v) is 5.73. The van der Waals surface area contributed by atoms with Gasteiger partial charge in [-0.05, 0) is 17.0 Å². The van der Waals surface area contributed by atoms with Gasteiger partial charge in [-0.3, -0.25) is 9.59 Å². The molecule has 2 N–H and O–H groups in total. The lowest BCUT2D eigenvalue weighted by atomic mass is 9.93. The van der Waals surface area contributed by atoms with E-state index in [2.05, 4.69) is 11.9 Å². The molecule has 7 nitrogen and oxygen atoms in total. The van der Waals surface area contributed by atoms with Gasteiger partial charge in [0.15, 0.2) is 6.61 Å². The summed E-state index contributed by atoms with van der Waals surface area (Å²) in [6, 6.07) is 7.16. The van der Waals surface area contributed by atoms with E-state index in [1.54, 1.807) is 31.2 Å². The molecule has 0 aromatic heterocycles. The van der Waals surface area contributed by atoms with Crippen molar-refractivity contribution in [1.82, 2.24) is 10.2 Å². The summed E-state index contributed by atoms with van der Waals surface area (Å²) in [5.41, 5.74) is 0. The molecular formula is C17H18N2O5S. The molecule has 2 aliphatic rings. The Hall–Kier alpha value is -2.48. The van der Waals surface area contributed by atoms with E-state index in [0.29, 0.717) is 10.7 Å². The number of thioether (sulfide) groups is 1. The monoisotopic (exact) mass is 362 g/mol. The van der Waals surface area contributed by atoms with E-state index < -0.39 is 35.2 Å². The highest BCUT2D eigenvalue weighted by Crippen LogP contribution is 2.46. The number of para-hydroxylation sites is 1. The number of aliphatic carboxylic acids is 1. The van der Waals surface area contributed by atoms with Crippen molar-refractivity contribution < 1.29 is 24.2 Å². The molecule has 0 aliphatic carbocycles. The number of rotatable bonds is 5. The summed E-state index contributed by atoms with van der Waals surface area (Å²) in [6.07, 6.45) is 0. The van der Waals surface area contributed by atoms with Crippen molar-refractivity contribution in [3.05, 3.63) is 41.8 Å². The van der Waals surface area contributed by atoms with Crippen LogP contribution in [0.25, 0.3) is 0 Å². The maximum absolute atomic E-state index is 12.3. The number of ether oxygens (including phenoxy) is 1. The lowest BCUT2D eigenvalue weighted by molar-refractivity contribution is -0.164. The van der Waals surface area contributed by atoms with Gasteiger partial charge in [0, 0.05) is 5.92 Å². The Morgan fingerprint density at radius 2 is 2.04 bits per heavy atom. The fourth-order valence-electron chi connectivity index (χ4n) is 2.93. The highest BCUT2D eigenvalue weighted by atomic mass is 32.2. The van der Waals surface area contributed by atoms with Gasteiger partial charge in [0.2, 0.25) is 5.91 Å². The van der Waals surface area contributed by atoms with E-state index in [4.69, 9.17) is 4.74 Å². The van der Waals surface area contributed by atoms with Crippen molar-refractivity contribution in [2.45, 2.75) is 24.4 Å². The molecule has 132 valence electrons. The number of hydrogen-bond acceptors (Lipinski definition) is 5. The second-order valence-corrected chi connectivity index (χ2v) is 7.18. The predicted octanol–water partition coefficient (Wildman–Crippen LogP) is 1.07. The quantitative estimate of drug-likeness (QED) is 0.761. The first-order valence-electron chi connectivity index (χ1n) is 7.78. The van der Waals surface area contributed by atoms with Gasteiger partial charge in [-0.1, -0.05) is 31.7 Å². The van der Waals surface area contributed by atoms with Crippen LogP contribution in [0.5, 0.6) is 5.75 Å². The number of carbonyl (C=O) groups excluding carboxylic acids is 2. The van der Waals surface area contributed by atoms with E-state index in [1.165, 1.54) is 16.7 Å². The number of carboxylic acid groups (broad SMARTS) is 1. The fraction of sp³-hybridized carbons (Fsp3) is 0.353. The van der Waals surface area contributed by atoms with Crippen LogP contribution in [0, 0.1) is 5.92 Å². The lowest BCUT2D eigenvalue weighted by Crippen LogP contribution is -2.75. The van der Waals surface area contributed by atoms with Gasteiger partial charge in [0.1, 0.15) is 23.2 Å². The topological polar surface area (TPSA) is 95.9 Å². The zero-order valence-electron chi connectivity index (χ0n) is 13.5. The molecular weight excluding hydrogens is 344 g/mol. The summed E-state index contributed by atoms with van der Waals surface area (Å²) in [6.45, 7) is 5.40. The second kappa shape index (κ2) is 6.79. The van der Waals surface area contributed by atoms with Crippen molar-refractivity contribution in [3.63, 3.8) is 0 Å². The normalized spacial score (nSPS) is 28.0. The summed E-state index contributed by atoms with van der Waals surface area (Å²) >= 11 is 1.33. The van der Waals surface area contributed by atoms with Crippen LogP contribution in [-0.4, -0.2) is 51.9 Å². The summed E-state index contributed by atoms with van der Waals surface area (Å²) in [5, 5.41) is 11.6. The van der Waals surface area contributed by atoms with E-state index in [1.807, 2.05) is 6.07 Å². The van der Waals surface area contributed by atoms with E-state index in [-0.39, 0.29) is 12.5 Å². The van der Waals surface area contributed by atoms with Crippen molar-refractivity contribution >= 4 is 29.5 Å². The summed E-state index contributed by atoms with van der Waals surface area (Å²) < 4.78 is 5.35. The van der Waals surface area contributed by atoms with Gasteiger partial charge < -0.3 is 20.1 Å². The molecule has 8 heteroatoms. The predicted molar refractivity (Wildman–Crippen MR) is 91.8 cm³/mol. The first kappa shape index (κ1) is 17.3. The number of amides is 2. The van der Waals surface area contributed by atoms with Crippen LogP contribution in [0.2, 0.25) is 0 Å². The SMILES string of the molecule is C=C1S[C@@H]2C(NC(=O)COc3ccccc3)C(=O)N2C(C(=O)O)C1C. The number of β-lactam (4-membered cyclic amide) rings is 1. The van der Waals surface area contributed by atoms with Crippen molar-refractivity contribution in [2.24, 2.45) is 5.92 Å². The molecule has 3 unspecified atom stereocenters. The number of nitrogens with zero attached hydrogens (tertiary/aromatic N) is 1. The maximum atomic E-state index is 12.3. The third kappa shape index (κ3) is 3.21. The molecule has 0 bridgehead atoms. The minimum absolute atomic E-state index is 0.217. The van der Waals surface area contributed by atoms with Crippen LogP contribution in [0.3, 0.4) is 0 Å². The standard InChI is InChI=1S/C17H18N2O5S/c1-9-10(2)25-16-13(15(21)19(16)14(9)17(22)23)18-12(20)8-24-11-6-4-3-5-7-11/h3-7,9,13-14,16H,2,8H2,1H3,(H,18,20)(H,22,23)/t9?,13?,14?,16-/m1/s1. The highest BCUT2D eigenvalue weighted by Gasteiger charge is 2.58. The Morgan fingerprint density at radius 3 is 2.68 bits per heavy atom. The van der Waals surface area contributed by atoms with Gasteiger partial charge in [0.25, 0.3) is 5.91 Å². The third-order valence-electron chi connectivity index (χ3n) is 4.32. The van der Waals surface area contributed by atoms with Gasteiger partial charge >= 0.3 is 5.97 Å². The van der Waals surface area contributed by atoms with Gasteiger partial charge in [-0.25, -0.2) is 4.79 Å². The fourth-order valence-corrected chi connectivity index (χ4v) is 4.26. The number of carbonyl (C=O) groups is 3. The molecule has 1 aromatic rings. The first-order chi connectivity index (χ1) is 11.9. The Labute approximate surface area is 149 Å². The zero-order chi connectivity index (χ0) is 18.1. The average Bonchev–Trinajstić information content (AvgIpc) is 2.60. The molecule has 0 radical (unpaired) electrons. The van der Waals surface area contributed by atoms with Crippen molar-refractivity contribution in [1.29, 1.82) is 0 Å². The Bertz CT molecular complexity index is 723. The Kier molecular flexibility index (Phi) is 4.71. The Morgan fingerprint density at radius 1 is 1.36 bits per heavy atom. The molecule has 0 spiro atoms. The average molecular weight is 362 g/mol. The van der Waals surface area contributed by atoms with E-state index in [0.717, 1.165) is 0 Å². The van der Waals surface area contributed by atoms with Crippen molar-refractivity contribution in [2.75, 3.05) is 6.61 Å². The first-order valence-corrected chi connectivity index (χ1v) is 8.65. The lowest BCUT2D eigenvalue weighted by Gasteiger charge is -2.54. The molecule has 2 amide bonds. The highest BCUT2D eigenvalue weighted by molar-refractivity contribution is 8.03. The van der Waals surface area contributed by atoms with Crippen LogP contribution < -0.4 is 10.1 Å². The van der Waals surface area contributed by atoms with Crippen LogP contribution in [0.15, 0.2) is 41.8 Å². The molecule has 0 saturated carbocycles. The van der Waals surface area contributed by atoms with E-state index in [9.17, 15) is 19.5 Å². The Balaban J connectivity index is 1.61. The minimum Gasteiger partial charge on any atom is -0.484 e. The smallest absolute Gasteiger partial charge is 0.327 e. The number of benzene rings is 1. The molecule has 2 heterocycles. The molecule has 25 heavy (non-hydrogen) atoms. The van der Waals surface area contributed by atoms with Gasteiger partial charge in [-0.15, -0.1) is 11.8 Å². The number of nitrogens with one attached hydrogen (secondary N) is 1. The summed E-state index contributed by atoms with van der Waals surface area (Å²) in [4.78, 5) is 37.9. The van der Waals surface area contributed by atoms with Crippen LogP contribution in [0.4, 0.5) is 0 Å². The molecule has 1 aromatic carbocycles. The molecule has 2 saturated heterocycles. The molecule has 2 fully saturated rings. The number of carboxylic acids is 1. The molecule has 3 rings (SSSR count). The number of fused-ring (bicyclic) bond motifs is 1. The van der Waals surface area contributed by atoms with Gasteiger partial charge in [0.05, 0.1) is 0 Å².